The molecule has 0 saturated heterocycles. The smallest absolute Gasteiger partial charge is 0.341 e. The van der Waals surface area contributed by atoms with Crippen LogP contribution in [-0.4, -0.2) is 28.4 Å². The maximum absolute atomic E-state index is 11.8. The molecule has 100 valence electrons. The summed E-state index contributed by atoms with van der Waals surface area (Å²) in [6.07, 6.45) is 6.64. The lowest BCUT2D eigenvalue weighted by molar-refractivity contribution is 0.0524. The van der Waals surface area contributed by atoms with Crippen LogP contribution in [0.25, 0.3) is 0 Å². The maximum atomic E-state index is 11.8. The van der Waals surface area contributed by atoms with Crippen molar-refractivity contribution in [1.29, 1.82) is 0 Å². The molecule has 0 radical (unpaired) electrons. The summed E-state index contributed by atoms with van der Waals surface area (Å²) in [5, 5.41) is 7.63. The van der Waals surface area contributed by atoms with Crippen LogP contribution in [0.3, 0.4) is 0 Å². The van der Waals surface area contributed by atoms with E-state index in [1.165, 1.54) is 25.7 Å². The average Bonchev–Trinajstić information content (AvgIpc) is 2.96. The Morgan fingerprint density at radius 2 is 2.28 bits per heavy atom. The third-order valence-corrected chi connectivity index (χ3v) is 3.47. The van der Waals surface area contributed by atoms with Crippen molar-refractivity contribution >= 4 is 5.97 Å². The first-order valence-electron chi connectivity index (χ1n) is 6.63. The van der Waals surface area contributed by atoms with Gasteiger partial charge in [-0.1, -0.05) is 12.8 Å². The molecule has 1 N–H and O–H groups in total. The minimum absolute atomic E-state index is 0.283. The molecule has 5 heteroatoms. The molecule has 0 amide bonds. The third kappa shape index (κ3) is 2.90. The van der Waals surface area contributed by atoms with E-state index < -0.39 is 0 Å². The number of ether oxygens (including phenoxy) is 1. The molecule has 1 heterocycles. The molecule has 1 aromatic heterocycles. The SMILES string of the molecule is CCOC(=O)c1cnn(C)c1CNC1CCCC1. The molecule has 0 aromatic carbocycles. The Kier molecular flexibility index (Phi) is 4.36. The summed E-state index contributed by atoms with van der Waals surface area (Å²) < 4.78 is 6.78. The maximum Gasteiger partial charge on any atom is 0.341 e. The summed E-state index contributed by atoms with van der Waals surface area (Å²) in [5.74, 6) is -0.283. The zero-order valence-electron chi connectivity index (χ0n) is 11.1. The monoisotopic (exact) mass is 251 g/mol. The van der Waals surface area contributed by atoms with Crippen molar-refractivity contribution in [3.05, 3.63) is 17.5 Å². The first-order valence-corrected chi connectivity index (χ1v) is 6.63. The molecule has 18 heavy (non-hydrogen) atoms. The zero-order valence-corrected chi connectivity index (χ0v) is 11.1. The summed E-state index contributed by atoms with van der Waals surface area (Å²) >= 11 is 0. The van der Waals surface area contributed by atoms with Crippen LogP contribution in [0.1, 0.15) is 48.7 Å². The fraction of sp³-hybridized carbons (Fsp3) is 0.692. The second kappa shape index (κ2) is 6.00. The quantitative estimate of drug-likeness (QED) is 0.808. The number of hydrogen-bond acceptors (Lipinski definition) is 4. The number of aryl methyl sites for hydroxylation is 1. The lowest BCUT2D eigenvalue weighted by Gasteiger charge is -2.12. The van der Waals surface area contributed by atoms with Crippen molar-refractivity contribution in [2.45, 2.75) is 45.2 Å². The van der Waals surface area contributed by atoms with E-state index in [9.17, 15) is 4.79 Å². The predicted octanol–water partition coefficient (Wildman–Crippen LogP) is 1.63. The van der Waals surface area contributed by atoms with Gasteiger partial charge in [-0.05, 0) is 19.8 Å². The number of esters is 1. The standard InChI is InChI=1S/C13H21N3O2/c1-3-18-13(17)11-8-15-16(2)12(11)9-14-10-6-4-5-7-10/h8,10,14H,3-7,9H2,1-2H3. The van der Waals surface area contributed by atoms with Crippen LogP contribution in [-0.2, 0) is 18.3 Å². The van der Waals surface area contributed by atoms with Gasteiger partial charge in [-0.3, -0.25) is 4.68 Å². The fourth-order valence-electron chi connectivity index (χ4n) is 2.42. The second-order valence-electron chi connectivity index (χ2n) is 4.71. The van der Waals surface area contributed by atoms with Gasteiger partial charge < -0.3 is 10.1 Å². The molecule has 0 spiro atoms. The predicted molar refractivity (Wildman–Crippen MR) is 68.3 cm³/mol. The highest BCUT2D eigenvalue weighted by molar-refractivity contribution is 5.90. The molecular formula is C13H21N3O2. The van der Waals surface area contributed by atoms with Crippen LogP contribution in [0.2, 0.25) is 0 Å². The molecule has 1 fully saturated rings. The van der Waals surface area contributed by atoms with Gasteiger partial charge in [0.1, 0.15) is 5.56 Å². The van der Waals surface area contributed by atoms with E-state index >= 15 is 0 Å². The van der Waals surface area contributed by atoms with Crippen molar-refractivity contribution < 1.29 is 9.53 Å². The Morgan fingerprint density at radius 3 is 2.94 bits per heavy atom. The number of aromatic nitrogens is 2. The molecule has 1 saturated carbocycles. The molecular weight excluding hydrogens is 230 g/mol. The van der Waals surface area contributed by atoms with Gasteiger partial charge in [0.2, 0.25) is 0 Å². The van der Waals surface area contributed by atoms with Crippen molar-refractivity contribution in [2.24, 2.45) is 7.05 Å². The molecule has 1 aliphatic carbocycles. The van der Waals surface area contributed by atoms with Gasteiger partial charge in [0.05, 0.1) is 18.5 Å². The van der Waals surface area contributed by atoms with Gasteiger partial charge in [-0.2, -0.15) is 5.10 Å². The Morgan fingerprint density at radius 1 is 1.56 bits per heavy atom. The van der Waals surface area contributed by atoms with E-state index in [2.05, 4.69) is 10.4 Å². The lowest BCUT2D eigenvalue weighted by Crippen LogP contribution is -2.27. The van der Waals surface area contributed by atoms with E-state index in [-0.39, 0.29) is 5.97 Å². The molecule has 0 unspecified atom stereocenters. The summed E-state index contributed by atoms with van der Waals surface area (Å²) in [6, 6.07) is 0.579. The summed E-state index contributed by atoms with van der Waals surface area (Å²) in [5.41, 5.74) is 1.48. The number of nitrogens with one attached hydrogen (secondary N) is 1. The van der Waals surface area contributed by atoms with Gasteiger partial charge in [0.15, 0.2) is 0 Å². The van der Waals surface area contributed by atoms with Gasteiger partial charge >= 0.3 is 5.97 Å². The molecule has 0 atom stereocenters. The minimum Gasteiger partial charge on any atom is -0.462 e. The van der Waals surface area contributed by atoms with E-state index in [0.29, 0.717) is 24.8 Å². The number of nitrogens with zero attached hydrogens (tertiary/aromatic N) is 2. The largest absolute Gasteiger partial charge is 0.462 e. The van der Waals surface area contributed by atoms with Gasteiger partial charge in [-0.25, -0.2) is 4.79 Å². The van der Waals surface area contributed by atoms with Crippen LogP contribution < -0.4 is 5.32 Å². The Hall–Kier alpha value is -1.36. The number of carbonyl (C=O) groups is 1. The Bertz CT molecular complexity index is 408. The van der Waals surface area contributed by atoms with E-state index in [0.717, 1.165) is 5.69 Å². The summed E-state index contributed by atoms with van der Waals surface area (Å²) in [6.45, 7) is 2.88. The molecule has 2 rings (SSSR count). The van der Waals surface area contributed by atoms with Crippen LogP contribution in [0.5, 0.6) is 0 Å². The van der Waals surface area contributed by atoms with Crippen LogP contribution in [0.15, 0.2) is 6.20 Å². The topological polar surface area (TPSA) is 56.1 Å². The second-order valence-corrected chi connectivity index (χ2v) is 4.71. The molecule has 1 aliphatic rings. The number of hydrogen-bond donors (Lipinski definition) is 1. The highest BCUT2D eigenvalue weighted by Crippen LogP contribution is 2.18. The summed E-state index contributed by atoms with van der Waals surface area (Å²) in [7, 11) is 1.86. The normalized spacial score (nSPS) is 16.1. The third-order valence-electron chi connectivity index (χ3n) is 3.47. The molecule has 0 bridgehead atoms. The van der Waals surface area contributed by atoms with E-state index in [1.807, 2.05) is 14.0 Å². The van der Waals surface area contributed by atoms with Gasteiger partial charge in [-0.15, -0.1) is 0 Å². The van der Waals surface area contributed by atoms with Crippen molar-refractivity contribution in [1.82, 2.24) is 15.1 Å². The Labute approximate surface area is 108 Å². The lowest BCUT2D eigenvalue weighted by atomic mass is 10.2. The Balaban J connectivity index is 2.01. The molecule has 1 aromatic rings. The number of rotatable bonds is 5. The van der Waals surface area contributed by atoms with E-state index in [1.54, 1.807) is 10.9 Å². The van der Waals surface area contributed by atoms with Crippen molar-refractivity contribution in [3.8, 4) is 0 Å². The highest BCUT2D eigenvalue weighted by Gasteiger charge is 2.19. The van der Waals surface area contributed by atoms with Crippen molar-refractivity contribution in [2.75, 3.05) is 6.61 Å². The fourth-order valence-corrected chi connectivity index (χ4v) is 2.42. The van der Waals surface area contributed by atoms with Gasteiger partial charge in [0.25, 0.3) is 0 Å². The van der Waals surface area contributed by atoms with Crippen molar-refractivity contribution in [3.63, 3.8) is 0 Å². The average molecular weight is 251 g/mol. The molecule has 0 aliphatic heterocycles. The first-order chi connectivity index (χ1) is 8.72. The van der Waals surface area contributed by atoms with Gasteiger partial charge in [0, 0.05) is 19.6 Å². The molecule has 5 nitrogen and oxygen atoms in total. The zero-order chi connectivity index (χ0) is 13.0. The van der Waals surface area contributed by atoms with Crippen LogP contribution in [0, 0.1) is 0 Å². The van der Waals surface area contributed by atoms with Crippen LogP contribution in [0.4, 0.5) is 0 Å². The van der Waals surface area contributed by atoms with Crippen LogP contribution >= 0.6 is 0 Å². The highest BCUT2D eigenvalue weighted by atomic mass is 16.5. The first kappa shape index (κ1) is 13.1. The minimum atomic E-state index is -0.283. The number of carbonyl (C=O) groups excluding carboxylic acids is 1. The van der Waals surface area contributed by atoms with E-state index in [4.69, 9.17) is 4.74 Å². The summed E-state index contributed by atoms with van der Waals surface area (Å²) in [4.78, 5) is 11.8.